The molecule has 0 bridgehead atoms. The third kappa shape index (κ3) is 1.65. The van der Waals surface area contributed by atoms with Crippen molar-refractivity contribution < 1.29 is 10.6 Å². The first-order chi connectivity index (χ1) is 5.97. The number of piperazine rings is 1. The predicted octanol–water partition coefficient (Wildman–Crippen LogP) is -1.13. The van der Waals surface area contributed by atoms with Crippen LogP contribution in [0.3, 0.4) is 0 Å². The lowest BCUT2D eigenvalue weighted by molar-refractivity contribution is -0.816. The monoisotopic (exact) mass is 164 g/mol. The fourth-order valence-corrected chi connectivity index (χ4v) is 1.78. The third-order valence-corrected chi connectivity index (χ3v) is 2.47. The maximum absolute atomic E-state index is 2.44. The van der Waals surface area contributed by atoms with Crippen molar-refractivity contribution in [1.29, 1.82) is 0 Å². The number of hydrogen-bond donors (Lipinski definition) is 2. The Labute approximate surface area is 73.0 Å². The van der Waals surface area contributed by atoms with Crippen molar-refractivity contribution in [3.63, 3.8) is 0 Å². The molecule has 2 rings (SSSR count). The van der Waals surface area contributed by atoms with E-state index in [2.05, 4.69) is 41.0 Å². The van der Waals surface area contributed by atoms with E-state index in [-0.39, 0.29) is 0 Å². The van der Waals surface area contributed by atoms with Gasteiger partial charge in [-0.1, -0.05) is 30.3 Å². The average molecular weight is 164 g/mol. The first kappa shape index (κ1) is 7.77. The molecule has 1 fully saturated rings. The van der Waals surface area contributed by atoms with Crippen LogP contribution in [0.1, 0.15) is 11.6 Å². The van der Waals surface area contributed by atoms with E-state index in [9.17, 15) is 0 Å². The molecule has 1 aliphatic heterocycles. The Bertz CT molecular complexity index is 227. The molecule has 1 aromatic rings. The molecule has 1 saturated heterocycles. The second-order valence-corrected chi connectivity index (χ2v) is 3.35. The molecule has 4 N–H and O–H groups in total. The normalized spacial score (nSPS) is 23.8. The molecule has 0 spiro atoms. The molecule has 1 atom stereocenters. The van der Waals surface area contributed by atoms with Gasteiger partial charge < -0.3 is 10.6 Å². The molecule has 0 aliphatic carbocycles. The van der Waals surface area contributed by atoms with E-state index in [1.807, 2.05) is 0 Å². The van der Waals surface area contributed by atoms with Gasteiger partial charge in [-0.3, -0.25) is 0 Å². The van der Waals surface area contributed by atoms with Crippen molar-refractivity contribution in [1.82, 2.24) is 0 Å². The molecule has 2 heteroatoms. The standard InChI is InChI=1S/C10H14N2/c1-2-4-9(5-3-1)10-8-11-6-7-12-10/h1-5,10-12H,6-8H2/p+2/t10-/m0/s1. The second kappa shape index (κ2) is 3.70. The zero-order valence-electron chi connectivity index (χ0n) is 7.24. The highest BCUT2D eigenvalue weighted by atomic mass is 15.0. The molecule has 0 saturated carbocycles. The summed E-state index contributed by atoms with van der Waals surface area (Å²) in [6, 6.07) is 11.5. The summed E-state index contributed by atoms with van der Waals surface area (Å²) in [7, 11) is 0. The molecule has 1 heterocycles. The van der Waals surface area contributed by atoms with Crippen LogP contribution in [0.15, 0.2) is 30.3 Å². The third-order valence-electron chi connectivity index (χ3n) is 2.47. The zero-order valence-corrected chi connectivity index (χ0v) is 7.24. The van der Waals surface area contributed by atoms with Crippen LogP contribution in [0.2, 0.25) is 0 Å². The van der Waals surface area contributed by atoms with Crippen LogP contribution in [0.25, 0.3) is 0 Å². The Hall–Kier alpha value is -0.860. The van der Waals surface area contributed by atoms with Crippen molar-refractivity contribution >= 4 is 0 Å². The van der Waals surface area contributed by atoms with Crippen LogP contribution in [0.5, 0.6) is 0 Å². The van der Waals surface area contributed by atoms with Crippen molar-refractivity contribution in [3.05, 3.63) is 35.9 Å². The lowest BCUT2D eigenvalue weighted by Gasteiger charge is -2.18. The Kier molecular flexibility index (Phi) is 2.39. The summed E-state index contributed by atoms with van der Waals surface area (Å²) in [5.41, 5.74) is 1.47. The van der Waals surface area contributed by atoms with E-state index >= 15 is 0 Å². The van der Waals surface area contributed by atoms with Crippen molar-refractivity contribution in [2.24, 2.45) is 0 Å². The summed E-state index contributed by atoms with van der Waals surface area (Å²) in [5.74, 6) is 0. The van der Waals surface area contributed by atoms with Gasteiger partial charge in [-0.2, -0.15) is 0 Å². The summed E-state index contributed by atoms with van der Waals surface area (Å²) >= 11 is 0. The average Bonchev–Trinajstić information content (AvgIpc) is 2.21. The van der Waals surface area contributed by atoms with Crippen LogP contribution < -0.4 is 10.6 Å². The number of rotatable bonds is 1. The molecule has 0 radical (unpaired) electrons. The topological polar surface area (TPSA) is 33.2 Å². The highest BCUT2D eigenvalue weighted by Crippen LogP contribution is 2.05. The van der Waals surface area contributed by atoms with Crippen molar-refractivity contribution in [2.75, 3.05) is 19.6 Å². The molecule has 0 amide bonds. The predicted molar refractivity (Wildman–Crippen MR) is 47.6 cm³/mol. The summed E-state index contributed by atoms with van der Waals surface area (Å²) in [4.78, 5) is 0. The van der Waals surface area contributed by atoms with Gasteiger partial charge >= 0.3 is 0 Å². The van der Waals surface area contributed by atoms with E-state index in [4.69, 9.17) is 0 Å². The lowest BCUT2D eigenvalue weighted by atomic mass is 10.1. The Balaban J connectivity index is 2.08. The van der Waals surface area contributed by atoms with Gasteiger partial charge in [-0.15, -0.1) is 0 Å². The van der Waals surface area contributed by atoms with Gasteiger partial charge in [-0.05, 0) is 0 Å². The summed E-state index contributed by atoms with van der Waals surface area (Å²) in [6.07, 6.45) is 0. The zero-order chi connectivity index (χ0) is 8.23. The maximum atomic E-state index is 2.44. The minimum absolute atomic E-state index is 0.681. The lowest BCUT2D eigenvalue weighted by Crippen LogP contribution is -3.04. The Morgan fingerprint density at radius 2 is 1.92 bits per heavy atom. The van der Waals surface area contributed by atoms with E-state index in [0.717, 1.165) is 0 Å². The van der Waals surface area contributed by atoms with Gasteiger partial charge in [0.05, 0.1) is 0 Å². The molecule has 2 nitrogen and oxygen atoms in total. The first-order valence-electron chi connectivity index (χ1n) is 4.67. The van der Waals surface area contributed by atoms with Crippen LogP contribution in [-0.4, -0.2) is 19.6 Å². The smallest absolute Gasteiger partial charge is 0.161 e. The molecular weight excluding hydrogens is 148 g/mol. The highest BCUT2D eigenvalue weighted by molar-refractivity contribution is 5.16. The number of quaternary nitrogens is 2. The first-order valence-corrected chi connectivity index (χ1v) is 4.67. The van der Waals surface area contributed by atoms with Gasteiger partial charge in [0.1, 0.15) is 19.6 Å². The van der Waals surface area contributed by atoms with E-state index < -0.39 is 0 Å². The Morgan fingerprint density at radius 3 is 2.58 bits per heavy atom. The summed E-state index contributed by atoms with van der Waals surface area (Å²) in [5, 5.41) is 4.84. The molecule has 64 valence electrons. The summed E-state index contributed by atoms with van der Waals surface area (Å²) < 4.78 is 0. The van der Waals surface area contributed by atoms with Gasteiger partial charge in [0.2, 0.25) is 0 Å². The van der Waals surface area contributed by atoms with E-state index in [1.54, 1.807) is 0 Å². The maximum Gasteiger partial charge on any atom is 0.161 e. The minimum atomic E-state index is 0.681. The van der Waals surface area contributed by atoms with Gasteiger partial charge in [0.25, 0.3) is 0 Å². The molecule has 1 aliphatic rings. The number of nitrogens with two attached hydrogens (primary N) is 2. The quantitative estimate of drug-likeness (QED) is 0.526. The molecule has 0 aromatic heterocycles. The molecular formula is C10H16N2+2. The molecule has 1 aromatic carbocycles. The van der Waals surface area contributed by atoms with Crippen LogP contribution in [0.4, 0.5) is 0 Å². The number of hydrogen-bond acceptors (Lipinski definition) is 0. The highest BCUT2D eigenvalue weighted by Gasteiger charge is 2.19. The van der Waals surface area contributed by atoms with Gasteiger partial charge in [0.15, 0.2) is 6.04 Å². The van der Waals surface area contributed by atoms with Crippen molar-refractivity contribution in [2.45, 2.75) is 6.04 Å². The largest absolute Gasteiger partial charge is 0.336 e. The fraction of sp³-hybridized carbons (Fsp3) is 0.400. The Morgan fingerprint density at radius 1 is 1.08 bits per heavy atom. The van der Waals surface area contributed by atoms with Crippen molar-refractivity contribution in [3.8, 4) is 0 Å². The van der Waals surface area contributed by atoms with E-state index in [0.29, 0.717) is 6.04 Å². The van der Waals surface area contributed by atoms with Gasteiger partial charge in [0, 0.05) is 5.56 Å². The SMILES string of the molecule is c1ccc([C@@H]2C[NH2+]CC[NH2+]2)cc1. The fourth-order valence-electron chi connectivity index (χ4n) is 1.78. The summed E-state index contributed by atoms with van der Waals surface area (Å²) in [6.45, 7) is 3.74. The van der Waals surface area contributed by atoms with Crippen LogP contribution >= 0.6 is 0 Å². The molecule has 12 heavy (non-hydrogen) atoms. The number of benzene rings is 1. The van der Waals surface area contributed by atoms with Crippen LogP contribution in [0, 0.1) is 0 Å². The van der Waals surface area contributed by atoms with Gasteiger partial charge in [-0.25, -0.2) is 0 Å². The van der Waals surface area contributed by atoms with E-state index in [1.165, 1.54) is 25.2 Å². The van der Waals surface area contributed by atoms with Crippen LogP contribution in [-0.2, 0) is 0 Å². The minimum Gasteiger partial charge on any atom is -0.336 e. The second-order valence-electron chi connectivity index (χ2n) is 3.35. The molecule has 0 unspecified atom stereocenters.